The van der Waals surface area contributed by atoms with Crippen molar-refractivity contribution in [2.75, 3.05) is 25.6 Å². The number of nitro groups is 1. The summed E-state index contributed by atoms with van der Waals surface area (Å²) in [4.78, 5) is 34.8. The smallest absolute Gasteiger partial charge is 0.269 e. The topological polar surface area (TPSA) is 168 Å². The Morgan fingerprint density at radius 3 is 1.67 bits per heavy atom. The zero-order chi connectivity index (χ0) is 37.9. The van der Waals surface area contributed by atoms with Gasteiger partial charge in [-0.2, -0.15) is 10.2 Å². The Balaban J connectivity index is 0.000000158. The van der Waals surface area contributed by atoms with Crippen molar-refractivity contribution in [2.45, 2.75) is 12.8 Å². The molecular weight excluding hydrogens is 695 g/mol. The van der Waals surface area contributed by atoms with Crippen LogP contribution in [-0.4, -0.2) is 57.4 Å². The lowest BCUT2D eigenvalue weighted by atomic mass is 10.0. The van der Waals surface area contributed by atoms with E-state index < -0.39 is 4.92 Å². The summed E-state index contributed by atoms with van der Waals surface area (Å²) in [6.07, 6.45) is 1.72. The number of nitro benzene ring substituents is 1. The monoisotopic (exact) mass is 729 g/mol. The second-order valence-corrected chi connectivity index (χ2v) is 13.2. The molecule has 0 atom stereocenters. The van der Waals surface area contributed by atoms with Crippen molar-refractivity contribution in [1.82, 2.24) is 25.7 Å². The van der Waals surface area contributed by atoms with Crippen molar-refractivity contribution in [3.05, 3.63) is 165 Å². The first-order valence-corrected chi connectivity index (χ1v) is 17.7. The van der Waals surface area contributed by atoms with Crippen LogP contribution in [0.25, 0.3) is 45.0 Å². The minimum absolute atomic E-state index is 0.0222. The first kappa shape index (κ1) is 34.9. The second kappa shape index (κ2) is 15.0. The molecule has 0 spiro atoms. The molecule has 0 bridgehead atoms. The van der Waals surface area contributed by atoms with Crippen LogP contribution in [0, 0.1) is 10.1 Å². The highest BCUT2D eigenvalue weighted by molar-refractivity contribution is 6.04. The van der Waals surface area contributed by atoms with E-state index in [0.29, 0.717) is 30.0 Å². The highest BCUT2D eigenvalue weighted by Gasteiger charge is 2.26. The molecule has 0 saturated heterocycles. The van der Waals surface area contributed by atoms with Crippen LogP contribution in [0.2, 0.25) is 0 Å². The molecule has 2 aliphatic carbocycles. The van der Waals surface area contributed by atoms with Crippen LogP contribution in [0.5, 0.6) is 0 Å². The van der Waals surface area contributed by atoms with E-state index in [1.54, 1.807) is 19.2 Å². The van der Waals surface area contributed by atoms with E-state index in [1.165, 1.54) is 57.6 Å². The molecule has 2 aliphatic rings. The van der Waals surface area contributed by atoms with Gasteiger partial charge in [-0.25, -0.2) is 0 Å². The van der Waals surface area contributed by atoms with E-state index in [4.69, 9.17) is 4.74 Å². The van der Waals surface area contributed by atoms with E-state index in [1.807, 2.05) is 54.6 Å². The number of non-ortho nitro benzene ring substituents is 1. The number of nitrogens with one attached hydrogen (secondary N) is 4. The molecule has 2 amide bonds. The molecule has 2 aromatic heterocycles. The SMILES string of the molecule is COCCNC(=O)c1ccc(-c2n[nH]c3c2Cc2ccccc2-3)cc1.O=C(Nc1ccc([N+](=O)[O-])cc1)c1ccc(-c2n[nH]c3c2Cc2ccccc2-3)cc1. The minimum atomic E-state index is -0.478. The van der Waals surface area contributed by atoms with E-state index in [-0.39, 0.29) is 17.5 Å². The average molecular weight is 730 g/mol. The third-order valence-electron chi connectivity index (χ3n) is 9.81. The molecule has 0 fully saturated rings. The number of rotatable bonds is 9. The van der Waals surface area contributed by atoms with Gasteiger partial charge in [-0.05, 0) is 47.5 Å². The zero-order valence-corrected chi connectivity index (χ0v) is 29.8. The summed E-state index contributed by atoms with van der Waals surface area (Å²) >= 11 is 0. The molecule has 4 N–H and O–H groups in total. The molecule has 2 heterocycles. The fourth-order valence-corrected chi connectivity index (χ4v) is 7.01. The second-order valence-electron chi connectivity index (χ2n) is 13.2. The fraction of sp³-hybridized carbons (Fsp3) is 0.116. The van der Waals surface area contributed by atoms with Crippen LogP contribution in [0.4, 0.5) is 11.4 Å². The molecule has 0 saturated carbocycles. The van der Waals surface area contributed by atoms with Crippen molar-refractivity contribution in [2.24, 2.45) is 0 Å². The third-order valence-corrected chi connectivity index (χ3v) is 9.81. The van der Waals surface area contributed by atoms with Crippen molar-refractivity contribution >= 4 is 23.2 Å². The maximum absolute atomic E-state index is 12.5. The lowest BCUT2D eigenvalue weighted by molar-refractivity contribution is -0.384. The van der Waals surface area contributed by atoms with E-state index in [0.717, 1.165) is 46.7 Å². The molecular formula is C43H35N7O5. The van der Waals surface area contributed by atoms with Gasteiger partial charge >= 0.3 is 0 Å². The van der Waals surface area contributed by atoms with E-state index in [2.05, 4.69) is 61.4 Å². The molecule has 5 aromatic carbocycles. The normalized spacial score (nSPS) is 11.7. The number of fused-ring (bicyclic) bond motifs is 6. The van der Waals surface area contributed by atoms with Crippen LogP contribution >= 0.6 is 0 Å². The number of benzene rings is 5. The summed E-state index contributed by atoms with van der Waals surface area (Å²) in [5.74, 6) is -0.377. The summed E-state index contributed by atoms with van der Waals surface area (Å²) < 4.78 is 4.94. The van der Waals surface area contributed by atoms with Crippen LogP contribution in [-0.2, 0) is 17.6 Å². The van der Waals surface area contributed by atoms with Gasteiger partial charge in [0, 0.05) is 88.8 Å². The number of aromatic amines is 2. The maximum Gasteiger partial charge on any atom is 0.269 e. The van der Waals surface area contributed by atoms with Crippen molar-refractivity contribution in [1.29, 1.82) is 0 Å². The summed E-state index contributed by atoms with van der Waals surface area (Å²) in [5.41, 5.74) is 15.0. The molecule has 9 rings (SSSR count). The molecule has 12 heteroatoms. The Labute approximate surface area is 315 Å². The summed E-state index contributed by atoms with van der Waals surface area (Å²) in [6.45, 7) is 1.01. The number of carbonyl (C=O) groups excluding carboxylic acids is 2. The standard InChI is InChI=1S/C23H16N4O3.C20H19N3O2/c28-23(24-17-9-11-18(12-10-17)27(29)30)15-7-5-14(6-8-15)21-20-13-16-3-1-2-4-19(16)22(20)26-25-21;1-25-11-10-21-20(24)14-8-6-13(7-9-14)18-17-12-15-4-2-3-5-16(15)19(17)23-22-18/h1-12H,13H2,(H,24,28)(H,25,26);2-9H,10-12H2,1H3,(H,21,24)(H,22,23). The largest absolute Gasteiger partial charge is 0.383 e. The third kappa shape index (κ3) is 7.01. The average Bonchev–Trinajstić information content (AvgIpc) is 3.99. The van der Waals surface area contributed by atoms with Crippen molar-refractivity contribution in [3.8, 4) is 45.0 Å². The van der Waals surface area contributed by atoms with Gasteiger partial charge in [0.1, 0.15) is 0 Å². The molecule has 55 heavy (non-hydrogen) atoms. The van der Waals surface area contributed by atoms with Crippen molar-refractivity contribution in [3.63, 3.8) is 0 Å². The summed E-state index contributed by atoms with van der Waals surface area (Å²) in [5, 5.41) is 31.6. The van der Waals surface area contributed by atoms with Crippen LogP contribution in [0.15, 0.2) is 121 Å². The van der Waals surface area contributed by atoms with Gasteiger partial charge in [-0.1, -0.05) is 72.8 Å². The number of anilines is 1. The van der Waals surface area contributed by atoms with Gasteiger partial charge in [0.2, 0.25) is 0 Å². The number of hydrogen-bond donors (Lipinski definition) is 4. The predicted molar refractivity (Wildman–Crippen MR) is 210 cm³/mol. The van der Waals surface area contributed by atoms with Crippen LogP contribution in [0.1, 0.15) is 43.0 Å². The lowest BCUT2D eigenvalue weighted by Crippen LogP contribution is -2.26. The van der Waals surface area contributed by atoms with E-state index in [9.17, 15) is 19.7 Å². The maximum atomic E-state index is 12.5. The molecule has 0 unspecified atom stereocenters. The van der Waals surface area contributed by atoms with Gasteiger partial charge < -0.3 is 15.4 Å². The number of H-pyrrole nitrogens is 2. The minimum Gasteiger partial charge on any atom is -0.383 e. The summed E-state index contributed by atoms with van der Waals surface area (Å²) in [7, 11) is 1.61. The van der Waals surface area contributed by atoms with E-state index >= 15 is 0 Å². The molecule has 0 radical (unpaired) electrons. The number of methoxy groups -OCH3 is 1. The number of carbonyl (C=O) groups is 2. The van der Waals surface area contributed by atoms with Gasteiger partial charge in [0.05, 0.1) is 34.3 Å². The number of hydrogen-bond acceptors (Lipinski definition) is 7. The molecule has 272 valence electrons. The Hall–Kier alpha value is -7.18. The van der Waals surface area contributed by atoms with Crippen LogP contribution < -0.4 is 10.6 Å². The van der Waals surface area contributed by atoms with Gasteiger partial charge in [0.25, 0.3) is 17.5 Å². The Kier molecular flexibility index (Phi) is 9.54. The molecule has 0 aliphatic heterocycles. The lowest BCUT2D eigenvalue weighted by Gasteiger charge is -2.06. The summed E-state index contributed by atoms with van der Waals surface area (Å²) in [6, 6.07) is 37.2. The van der Waals surface area contributed by atoms with Gasteiger partial charge in [-0.15, -0.1) is 0 Å². The number of amides is 2. The quantitative estimate of drug-likeness (QED) is 0.0667. The first-order chi connectivity index (χ1) is 26.9. The highest BCUT2D eigenvalue weighted by atomic mass is 16.6. The van der Waals surface area contributed by atoms with Gasteiger partial charge in [0.15, 0.2) is 0 Å². The highest BCUT2D eigenvalue weighted by Crippen LogP contribution is 2.41. The molecule has 7 aromatic rings. The van der Waals surface area contributed by atoms with Crippen molar-refractivity contribution < 1.29 is 19.2 Å². The van der Waals surface area contributed by atoms with Crippen LogP contribution in [0.3, 0.4) is 0 Å². The predicted octanol–water partition coefficient (Wildman–Crippen LogP) is 7.83. The Morgan fingerprint density at radius 1 is 0.691 bits per heavy atom. The number of aromatic nitrogens is 4. The Morgan fingerprint density at radius 2 is 1.18 bits per heavy atom. The Bertz CT molecular complexity index is 2540. The first-order valence-electron chi connectivity index (χ1n) is 17.7. The number of nitrogens with zero attached hydrogens (tertiary/aromatic N) is 3. The number of ether oxygens (including phenoxy) is 1. The zero-order valence-electron chi connectivity index (χ0n) is 29.8. The molecule has 12 nitrogen and oxygen atoms in total. The fourth-order valence-electron chi connectivity index (χ4n) is 7.01. The van der Waals surface area contributed by atoms with Gasteiger partial charge in [-0.3, -0.25) is 29.9 Å².